The Balaban J connectivity index is 0.000000255. The molecule has 0 amide bonds. The van der Waals surface area contributed by atoms with E-state index in [1.54, 1.807) is 6.07 Å². The number of hydrogen-bond donors (Lipinski definition) is 4. The number of aliphatic hydroxyl groups is 2. The van der Waals surface area contributed by atoms with Gasteiger partial charge in [-0.15, -0.1) is 0 Å². The fourth-order valence-electron chi connectivity index (χ4n) is 0.493. The number of phenols is 2. The number of carbonyl (C=O) groups is 1. The van der Waals surface area contributed by atoms with Crippen LogP contribution < -0.4 is 0 Å². The van der Waals surface area contributed by atoms with Crippen LogP contribution in [0.15, 0.2) is 24.3 Å². The Morgan fingerprint density at radius 2 is 1.57 bits per heavy atom. The summed E-state index contributed by atoms with van der Waals surface area (Å²) in [7, 11) is 0. The number of Topliss-reactive ketones (excluding diaryl/α,β-unsaturated/α-hetero) is 1. The zero-order chi connectivity index (χ0) is 11.1. The van der Waals surface area contributed by atoms with E-state index in [9.17, 15) is 4.79 Å². The monoisotopic (exact) mass is 200 g/mol. The number of aliphatic hydroxyl groups excluding tert-OH is 1. The van der Waals surface area contributed by atoms with E-state index >= 15 is 0 Å². The van der Waals surface area contributed by atoms with Crippen LogP contribution in [0.4, 0.5) is 0 Å². The first-order chi connectivity index (χ1) is 6.43. The van der Waals surface area contributed by atoms with Crippen LogP contribution in [0, 0.1) is 0 Å². The molecule has 0 fully saturated rings. The molecule has 0 aliphatic carbocycles. The fourth-order valence-corrected chi connectivity index (χ4v) is 0.493. The lowest BCUT2D eigenvalue weighted by Gasteiger charge is -1.90. The first-order valence-electron chi connectivity index (χ1n) is 3.78. The molecule has 0 saturated heterocycles. The summed E-state index contributed by atoms with van der Waals surface area (Å²) >= 11 is 0. The summed E-state index contributed by atoms with van der Waals surface area (Å²) in [5, 5.41) is 33.0. The molecule has 0 unspecified atom stereocenters. The lowest BCUT2D eigenvalue weighted by atomic mass is 10.3. The van der Waals surface area contributed by atoms with E-state index in [0.717, 1.165) is 6.92 Å². The molecule has 4 N–H and O–H groups in total. The van der Waals surface area contributed by atoms with E-state index < -0.39 is 12.1 Å². The van der Waals surface area contributed by atoms with Crippen molar-refractivity contribution in [2.75, 3.05) is 0 Å². The number of benzene rings is 1. The molecule has 0 atom stereocenters. The minimum absolute atomic E-state index is 0.0880. The second-order valence-corrected chi connectivity index (χ2v) is 2.50. The Hall–Kier alpha value is -1.59. The van der Waals surface area contributed by atoms with E-state index in [2.05, 4.69) is 0 Å². The zero-order valence-electron chi connectivity index (χ0n) is 7.58. The van der Waals surface area contributed by atoms with Crippen molar-refractivity contribution < 1.29 is 25.2 Å². The number of carbonyl (C=O) groups excluding carboxylic acids is 1. The molecule has 0 saturated carbocycles. The average molecular weight is 200 g/mol. The van der Waals surface area contributed by atoms with Gasteiger partial charge in [0.1, 0.15) is 11.5 Å². The minimum atomic E-state index is -1.79. The predicted molar refractivity (Wildman–Crippen MR) is 48.7 cm³/mol. The summed E-state index contributed by atoms with van der Waals surface area (Å²) in [6.45, 7) is 1.10. The molecule has 0 radical (unpaired) electrons. The SMILES string of the molecule is CC(=O)C(O)O.Oc1cccc(O)c1. The van der Waals surface area contributed by atoms with Gasteiger partial charge in [0.25, 0.3) is 0 Å². The van der Waals surface area contributed by atoms with Crippen LogP contribution in [0.1, 0.15) is 6.92 Å². The zero-order valence-corrected chi connectivity index (χ0v) is 7.58. The Kier molecular flexibility index (Phi) is 5.28. The maximum atomic E-state index is 9.64. The molecule has 0 heterocycles. The third-order valence-electron chi connectivity index (χ3n) is 1.19. The Morgan fingerprint density at radius 1 is 1.21 bits per heavy atom. The number of aromatic hydroxyl groups is 2. The van der Waals surface area contributed by atoms with Crippen molar-refractivity contribution in [3.05, 3.63) is 24.3 Å². The summed E-state index contributed by atoms with van der Waals surface area (Å²) in [4.78, 5) is 9.64. The molecule has 14 heavy (non-hydrogen) atoms. The molecule has 5 heteroatoms. The molecule has 1 aromatic carbocycles. The highest BCUT2D eigenvalue weighted by Gasteiger charge is 1.99. The van der Waals surface area contributed by atoms with Gasteiger partial charge < -0.3 is 20.4 Å². The van der Waals surface area contributed by atoms with E-state index in [0.29, 0.717) is 0 Å². The van der Waals surface area contributed by atoms with Crippen molar-refractivity contribution in [3.8, 4) is 11.5 Å². The molecule has 0 aliphatic heterocycles. The maximum Gasteiger partial charge on any atom is 0.212 e. The van der Waals surface area contributed by atoms with Crippen molar-refractivity contribution >= 4 is 5.78 Å². The highest BCUT2D eigenvalue weighted by Crippen LogP contribution is 2.14. The Bertz CT molecular complexity index is 278. The van der Waals surface area contributed by atoms with E-state index in [1.165, 1.54) is 18.2 Å². The van der Waals surface area contributed by atoms with E-state index in [4.69, 9.17) is 20.4 Å². The van der Waals surface area contributed by atoms with Crippen molar-refractivity contribution in [2.45, 2.75) is 13.2 Å². The third kappa shape index (κ3) is 5.99. The summed E-state index contributed by atoms with van der Waals surface area (Å²) in [6.07, 6.45) is -1.79. The predicted octanol–water partition coefficient (Wildman–Crippen LogP) is -0.0161. The van der Waals surface area contributed by atoms with Crippen LogP contribution in [-0.4, -0.2) is 32.5 Å². The second-order valence-electron chi connectivity index (χ2n) is 2.50. The molecule has 1 aromatic rings. The molecular formula is C9H12O5. The van der Waals surface area contributed by atoms with Crippen LogP contribution in [-0.2, 0) is 4.79 Å². The summed E-state index contributed by atoms with van der Waals surface area (Å²) in [5.41, 5.74) is 0. The average Bonchev–Trinajstić information content (AvgIpc) is 2.04. The van der Waals surface area contributed by atoms with Crippen LogP contribution in [0.5, 0.6) is 11.5 Å². The normalized spacial score (nSPS) is 9.14. The maximum absolute atomic E-state index is 9.64. The van der Waals surface area contributed by atoms with Crippen molar-refractivity contribution in [2.24, 2.45) is 0 Å². The van der Waals surface area contributed by atoms with Gasteiger partial charge in [0.2, 0.25) is 6.29 Å². The van der Waals surface area contributed by atoms with Crippen LogP contribution in [0.25, 0.3) is 0 Å². The number of rotatable bonds is 1. The van der Waals surface area contributed by atoms with Gasteiger partial charge in [0.05, 0.1) is 0 Å². The lowest BCUT2D eigenvalue weighted by Crippen LogP contribution is -2.14. The number of ketones is 1. The minimum Gasteiger partial charge on any atom is -0.508 e. The summed E-state index contributed by atoms with van der Waals surface area (Å²) < 4.78 is 0. The second kappa shape index (κ2) is 5.95. The van der Waals surface area contributed by atoms with Crippen molar-refractivity contribution in [1.29, 1.82) is 0 Å². The lowest BCUT2D eigenvalue weighted by molar-refractivity contribution is -0.142. The molecule has 0 aromatic heterocycles. The fraction of sp³-hybridized carbons (Fsp3) is 0.222. The van der Waals surface area contributed by atoms with Crippen molar-refractivity contribution in [1.82, 2.24) is 0 Å². The molecule has 1 rings (SSSR count). The molecule has 0 spiro atoms. The molecule has 0 aliphatic rings. The molecular weight excluding hydrogens is 188 g/mol. The summed E-state index contributed by atoms with van der Waals surface area (Å²) in [6, 6.07) is 5.85. The first kappa shape index (κ1) is 12.4. The van der Waals surface area contributed by atoms with Crippen LogP contribution in [0.3, 0.4) is 0 Å². The Labute approximate surface area is 80.9 Å². The molecule has 78 valence electrons. The number of hydrogen-bond acceptors (Lipinski definition) is 5. The standard InChI is InChI=1S/C6H6O2.C3H6O3/c7-5-2-1-3-6(8)4-5;1-2(4)3(5)6/h1-4,7-8H;3,5-6H,1H3. The van der Waals surface area contributed by atoms with Crippen LogP contribution >= 0.6 is 0 Å². The van der Waals surface area contributed by atoms with Gasteiger partial charge in [-0.25, -0.2) is 0 Å². The number of phenolic OH excluding ortho intramolecular Hbond substituents is 2. The highest BCUT2D eigenvalue weighted by molar-refractivity contribution is 5.78. The summed E-state index contributed by atoms with van der Waals surface area (Å²) in [5.74, 6) is -0.454. The van der Waals surface area contributed by atoms with Gasteiger partial charge in [-0.3, -0.25) is 4.79 Å². The quantitative estimate of drug-likeness (QED) is 0.478. The van der Waals surface area contributed by atoms with Crippen molar-refractivity contribution in [3.63, 3.8) is 0 Å². The smallest absolute Gasteiger partial charge is 0.212 e. The first-order valence-corrected chi connectivity index (χ1v) is 3.78. The van der Waals surface area contributed by atoms with Gasteiger partial charge in [0.15, 0.2) is 5.78 Å². The topological polar surface area (TPSA) is 98.0 Å². The van der Waals surface area contributed by atoms with Crippen LogP contribution in [0.2, 0.25) is 0 Å². The van der Waals surface area contributed by atoms with Gasteiger partial charge in [0, 0.05) is 6.07 Å². The highest BCUT2D eigenvalue weighted by atomic mass is 16.5. The van der Waals surface area contributed by atoms with E-state index in [-0.39, 0.29) is 11.5 Å². The Morgan fingerprint density at radius 3 is 1.71 bits per heavy atom. The van der Waals surface area contributed by atoms with Gasteiger partial charge in [-0.2, -0.15) is 0 Å². The van der Waals surface area contributed by atoms with E-state index in [1.807, 2.05) is 0 Å². The third-order valence-corrected chi connectivity index (χ3v) is 1.19. The van der Waals surface area contributed by atoms with Gasteiger partial charge in [-0.1, -0.05) is 6.07 Å². The molecule has 0 bridgehead atoms. The largest absolute Gasteiger partial charge is 0.508 e. The van der Waals surface area contributed by atoms with Gasteiger partial charge in [-0.05, 0) is 19.1 Å². The molecule has 5 nitrogen and oxygen atoms in total. The van der Waals surface area contributed by atoms with Gasteiger partial charge >= 0.3 is 0 Å².